The Labute approximate surface area is 145 Å². The molecule has 0 aliphatic heterocycles. The molecule has 0 aliphatic rings. The van der Waals surface area contributed by atoms with Gasteiger partial charge in [-0.15, -0.1) is 0 Å². The van der Waals surface area contributed by atoms with Gasteiger partial charge >= 0.3 is 0 Å². The van der Waals surface area contributed by atoms with E-state index in [-0.39, 0.29) is 5.91 Å². The predicted octanol–water partition coefficient (Wildman–Crippen LogP) is 1.74. The van der Waals surface area contributed by atoms with Crippen LogP contribution in [0.2, 0.25) is 0 Å². The Morgan fingerprint density at radius 3 is 2.88 bits per heavy atom. The number of amides is 1. The van der Waals surface area contributed by atoms with E-state index in [4.69, 9.17) is 4.74 Å². The van der Waals surface area contributed by atoms with Gasteiger partial charge in [0.25, 0.3) is 0 Å². The summed E-state index contributed by atoms with van der Waals surface area (Å²) in [7, 11) is 3.44. The van der Waals surface area contributed by atoms with Crippen LogP contribution in [0.4, 0.5) is 0 Å². The van der Waals surface area contributed by atoms with Crippen molar-refractivity contribution in [2.24, 2.45) is 7.05 Å². The second-order valence-electron chi connectivity index (χ2n) is 5.54. The number of methoxy groups -OCH3 is 1. The van der Waals surface area contributed by atoms with Crippen LogP contribution >= 0.6 is 0 Å². The first-order chi connectivity index (χ1) is 12.2. The van der Waals surface area contributed by atoms with Gasteiger partial charge in [0.2, 0.25) is 5.91 Å². The summed E-state index contributed by atoms with van der Waals surface area (Å²) in [6.45, 7) is 0.395. The molecule has 0 saturated carbocycles. The first kappa shape index (κ1) is 16.6. The number of carbonyl (C=O) groups excluding carboxylic acids is 1. The number of hydrogen-bond acceptors (Lipinski definition) is 5. The lowest BCUT2D eigenvalue weighted by atomic mass is 10.1. The summed E-state index contributed by atoms with van der Waals surface area (Å²) in [6.07, 6.45) is 5.20. The minimum absolute atomic E-state index is 0.0597. The SMILES string of the molecule is COc1cccc(CC(=O)NCc2cc(-c3cnccn3)nn2C)c1. The van der Waals surface area contributed by atoms with Gasteiger partial charge in [0, 0.05) is 19.4 Å². The van der Waals surface area contributed by atoms with Crippen LogP contribution in [0.3, 0.4) is 0 Å². The van der Waals surface area contributed by atoms with Crippen LogP contribution in [0.25, 0.3) is 11.4 Å². The lowest BCUT2D eigenvalue weighted by Crippen LogP contribution is -2.25. The molecular formula is C18H19N5O2. The van der Waals surface area contributed by atoms with Crippen LogP contribution < -0.4 is 10.1 Å². The molecule has 2 aromatic heterocycles. The Bertz CT molecular complexity index is 861. The summed E-state index contributed by atoms with van der Waals surface area (Å²) in [5, 5.41) is 7.33. The van der Waals surface area contributed by atoms with E-state index in [9.17, 15) is 4.79 Å². The summed E-state index contributed by atoms with van der Waals surface area (Å²) in [5.41, 5.74) is 3.22. The van der Waals surface area contributed by atoms with Crippen molar-refractivity contribution in [3.63, 3.8) is 0 Å². The third kappa shape index (κ3) is 4.20. The van der Waals surface area contributed by atoms with E-state index >= 15 is 0 Å². The Morgan fingerprint density at radius 2 is 2.12 bits per heavy atom. The smallest absolute Gasteiger partial charge is 0.224 e. The molecule has 7 heteroatoms. The maximum Gasteiger partial charge on any atom is 0.224 e. The molecule has 128 valence electrons. The Balaban J connectivity index is 1.61. The Morgan fingerprint density at radius 1 is 1.24 bits per heavy atom. The molecule has 1 aromatic carbocycles. The van der Waals surface area contributed by atoms with Crippen molar-refractivity contribution >= 4 is 5.91 Å². The average Bonchev–Trinajstić information content (AvgIpc) is 3.02. The van der Waals surface area contributed by atoms with Gasteiger partial charge in [-0.1, -0.05) is 12.1 Å². The lowest BCUT2D eigenvalue weighted by Gasteiger charge is -2.07. The highest BCUT2D eigenvalue weighted by Crippen LogP contribution is 2.15. The van der Waals surface area contributed by atoms with E-state index in [1.165, 1.54) is 0 Å². The fourth-order valence-electron chi connectivity index (χ4n) is 2.45. The number of nitrogens with zero attached hydrogens (tertiary/aromatic N) is 4. The predicted molar refractivity (Wildman–Crippen MR) is 92.8 cm³/mol. The monoisotopic (exact) mass is 337 g/mol. The van der Waals surface area contributed by atoms with E-state index < -0.39 is 0 Å². The minimum atomic E-state index is -0.0597. The number of aromatic nitrogens is 4. The van der Waals surface area contributed by atoms with Gasteiger partial charge in [0.1, 0.15) is 17.1 Å². The molecule has 0 aliphatic carbocycles. The molecule has 25 heavy (non-hydrogen) atoms. The molecule has 0 fully saturated rings. The van der Waals surface area contributed by atoms with Crippen LogP contribution in [0.15, 0.2) is 48.9 Å². The summed E-state index contributed by atoms with van der Waals surface area (Å²) in [5.74, 6) is 0.682. The number of benzene rings is 1. The molecule has 0 atom stereocenters. The van der Waals surface area contributed by atoms with Gasteiger partial charge in [0.05, 0.1) is 32.0 Å². The average molecular weight is 337 g/mol. The summed E-state index contributed by atoms with van der Waals surface area (Å²) < 4.78 is 6.90. The summed E-state index contributed by atoms with van der Waals surface area (Å²) in [6, 6.07) is 9.38. The Hall–Kier alpha value is -3.22. The molecule has 0 unspecified atom stereocenters. The molecular weight excluding hydrogens is 318 g/mol. The molecule has 1 N–H and O–H groups in total. The quantitative estimate of drug-likeness (QED) is 0.741. The van der Waals surface area contributed by atoms with Crippen LogP contribution in [0, 0.1) is 0 Å². The van der Waals surface area contributed by atoms with E-state index in [1.807, 2.05) is 37.4 Å². The topological polar surface area (TPSA) is 81.9 Å². The highest BCUT2D eigenvalue weighted by molar-refractivity contribution is 5.78. The van der Waals surface area contributed by atoms with Gasteiger partial charge in [-0.3, -0.25) is 19.4 Å². The van der Waals surface area contributed by atoms with Crippen molar-refractivity contribution in [1.29, 1.82) is 0 Å². The summed E-state index contributed by atoms with van der Waals surface area (Å²) >= 11 is 0. The molecule has 0 radical (unpaired) electrons. The largest absolute Gasteiger partial charge is 0.497 e. The van der Waals surface area contributed by atoms with Gasteiger partial charge in [-0.05, 0) is 23.8 Å². The molecule has 0 bridgehead atoms. The number of ether oxygens (including phenoxy) is 1. The van der Waals surface area contributed by atoms with Crippen molar-refractivity contribution in [1.82, 2.24) is 25.1 Å². The fourth-order valence-corrected chi connectivity index (χ4v) is 2.45. The van der Waals surface area contributed by atoms with Gasteiger partial charge in [0.15, 0.2) is 0 Å². The van der Waals surface area contributed by atoms with E-state index in [0.717, 1.165) is 22.7 Å². The molecule has 3 rings (SSSR count). The summed E-state index contributed by atoms with van der Waals surface area (Å²) in [4.78, 5) is 20.4. The van der Waals surface area contributed by atoms with E-state index in [1.54, 1.807) is 30.4 Å². The highest BCUT2D eigenvalue weighted by Gasteiger charge is 2.10. The van der Waals surface area contributed by atoms with E-state index in [0.29, 0.717) is 18.7 Å². The van der Waals surface area contributed by atoms with Crippen LogP contribution in [0.1, 0.15) is 11.3 Å². The van der Waals surface area contributed by atoms with E-state index in [2.05, 4.69) is 20.4 Å². The van der Waals surface area contributed by atoms with Gasteiger partial charge in [-0.2, -0.15) is 5.10 Å². The van der Waals surface area contributed by atoms with Crippen molar-refractivity contribution in [2.45, 2.75) is 13.0 Å². The minimum Gasteiger partial charge on any atom is -0.497 e. The molecule has 2 heterocycles. The third-order valence-electron chi connectivity index (χ3n) is 3.77. The van der Waals surface area contributed by atoms with Crippen molar-refractivity contribution in [2.75, 3.05) is 7.11 Å². The number of aryl methyl sites for hydroxylation is 1. The zero-order valence-corrected chi connectivity index (χ0v) is 14.1. The second kappa shape index (κ2) is 7.57. The highest BCUT2D eigenvalue weighted by atomic mass is 16.5. The second-order valence-corrected chi connectivity index (χ2v) is 5.54. The molecule has 0 saturated heterocycles. The first-order valence-electron chi connectivity index (χ1n) is 7.84. The third-order valence-corrected chi connectivity index (χ3v) is 3.77. The molecule has 3 aromatic rings. The van der Waals surface area contributed by atoms with Gasteiger partial charge < -0.3 is 10.1 Å². The Kier molecular flexibility index (Phi) is 5.03. The maximum atomic E-state index is 12.2. The van der Waals surface area contributed by atoms with Crippen molar-refractivity contribution in [3.05, 3.63) is 60.2 Å². The molecule has 1 amide bonds. The van der Waals surface area contributed by atoms with Crippen LogP contribution in [-0.2, 0) is 24.8 Å². The fraction of sp³-hybridized carbons (Fsp3) is 0.222. The maximum absolute atomic E-state index is 12.2. The lowest BCUT2D eigenvalue weighted by molar-refractivity contribution is -0.120. The van der Waals surface area contributed by atoms with Crippen LogP contribution in [-0.4, -0.2) is 32.8 Å². The standard InChI is InChI=1S/C18H19N5O2/c1-23-14(10-16(22-23)17-12-19-6-7-20-17)11-21-18(24)9-13-4-3-5-15(8-13)25-2/h3-8,10,12H,9,11H2,1-2H3,(H,21,24). The molecule has 7 nitrogen and oxygen atoms in total. The number of hydrogen-bond donors (Lipinski definition) is 1. The van der Waals surface area contributed by atoms with Crippen molar-refractivity contribution in [3.8, 4) is 17.1 Å². The normalized spacial score (nSPS) is 10.5. The number of carbonyl (C=O) groups is 1. The zero-order valence-electron chi connectivity index (χ0n) is 14.1. The number of rotatable bonds is 6. The first-order valence-corrected chi connectivity index (χ1v) is 7.84. The van der Waals surface area contributed by atoms with Crippen LogP contribution in [0.5, 0.6) is 5.75 Å². The zero-order chi connectivity index (χ0) is 17.6. The van der Waals surface area contributed by atoms with Gasteiger partial charge in [-0.25, -0.2) is 0 Å². The molecule has 0 spiro atoms. The van der Waals surface area contributed by atoms with Crippen molar-refractivity contribution < 1.29 is 9.53 Å². The number of nitrogens with one attached hydrogen (secondary N) is 1.